The van der Waals surface area contributed by atoms with Gasteiger partial charge in [-0.05, 0) is 29.8 Å². The Morgan fingerprint density at radius 3 is 2.50 bits per heavy atom. The summed E-state index contributed by atoms with van der Waals surface area (Å²) >= 11 is 6.15. The lowest BCUT2D eigenvalue weighted by Gasteiger charge is -2.24. The number of rotatable bonds is 4. The average molecular weight is 394 g/mol. The van der Waals surface area contributed by atoms with E-state index in [9.17, 15) is 14.7 Å². The quantitative estimate of drug-likeness (QED) is 0.401. The normalized spacial score (nSPS) is 18.6. The topological polar surface area (TPSA) is 70.8 Å². The number of nitrogens with zero attached hydrogens (tertiary/aromatic N) is 1. The third kappa shape index (κ3) is 3.21. The molecule has 1 saturated heterocycles. The minimum Gasteiger partial charge on any atom is -0.507 e. The van der Waals surface area contributed by atoms with E-state index in [1.807, 2.05) is 0 Å². The van der Waals surface area contributed by atoms with Gasteiger partial charge in [-0.1, -0.05) is 54.1 Å². The first-order valence-electron chi connectivity index (χ1n) is 8.68. The standard InChI is InChI=1S/C22H16ClNO4/c23-16-9-4-8-15(12-16)19-18(20(25)14-6-2-1-3-7-14)21(26)22(27)24(19)13-17-10-5-11-28-17/h1-12,19,25H,13H2/b20-18-. The molecule has 1 aromatic heterocycles. The van der Waals surface area contributed by atoms with Gasteiger partial charge in [0.05, 0.1) is 24.4 Å². The van der Waals surface area contributed by atoms with Crippen LogP contribution in [0.2, 0.25) is 5.02 Å². The van der Waals surface area contributed by atoms with E-state index in [4.69, 9.17) is 16.0 Å². The molecule has 6 heteroatoms. The largest absolute Gasteiger partial charge is 0.507 e. The van der Waals surface area contributed by atoms with E-state index in [0.717, 1.165) is 0 Å². The predicted molar refractivity (Wildman–Crippen MR) is 104 cm³/mol. The molecule has 1 amide bonds. The molecule has 0 aliphatic carbocycles. The number of furan rings is 1. The molecular formula is C22H16ClNO4. The van der Waals surface area contributed by atoms with E-state index < -0.39 is 17.7 Å². The SMILES string of the molecule is O=C1C(=O)N(Cc2ccco2)C(c2cccc(Cl)c2)/C1=C(/O)c1ccccc1. The van der Waals surface area contributed by atoms with Gasteiger partial charge < -0.3 is 14.4 Å². The highest BCUT2D eigenvalue weighted by atomic mass is 35.5. The van der Waals surface area contributed by atoms with E-state index >= 15 is 0 Å². The molecule has 140 valence electrons. The van der Waals surface area contributed by atoms with Crippen molar-refractivity contribution in [1.29, 1.82) is 0 Å². The number of halogens is 1. The molecule has 0 bridgehead atoms. The number of benzene rings is 2. The maximum atomic E-state index is 12.9. The first-order chi connectivity index (χ1) is 13.6. The number of carbonyl (C=O) groups is 2. The van der Waals surface area contributed by atoms with Crippen LogP contribution in [0.15, 0.2) is 83.0 Å². The van der Waals surface area contributed by atoms with Crippen molar-refractivity contribution in [3.05, 3.63) is 100 Å². The number of aliphatic hydroxyl groups is 1. The summed E-state index contributed by atoms with van der Waals surface area (Å²) in [5.41, 5.74) is 1.13. The van der Waals surface area contributed by atoms with Crippen LogP contribution in [0.4, 0.5) is 0 Å². The van der Waals surface area contributed by atoms with Crippen molar-refractivity contribution in [2.24, 2.45) is 0 Å². The van der Waals surface area contributed by atoms with E-state index in [2.05, 4.69) is 0 Å². The van der Waals surface area contributed by atoms with Crippen molar-refractivity contribution in [2.75, 3.05) is 0 Å². The summed E-state index contributed by atoms with van der Waals surface area (Å²) in [6.45, 7) is 0.0975. The number of amides is 1. The second-order valence-electron chi connectivity index (χ2n) is 6.43. The van der Waals surface area contributed by atoms with Crippen LogP contribution < -0.4 is 0 Å². The number of likely N-dealkylation sites (tertiary alicyclic amines) is 1. The van der Waals surface area contributed by atoms with Gasteiger partial charge in [-0.3, -0.25) is 9.59 Å². The Hall–Kier alpha value is -3.31. The zero-order valence-corrected chi connectivity index (χ0v) is 15.5. The maximum Gasteiger partial charge on any atom is 0.296 e. The van der Waals surface area contributed by atoms with Gasteiger partial charge in [0.15, 0.2) is 0 Å². The smallest absolute Gasteiger partial charge is 0.296 e. The Morgan fingerprint density at radius 1 is 1.04 bits per heavy atom. The van der Waals surface area contributed by atoms with Crippen molar-refractivity contribution in [3.8, 4) is 0 Å². The van der Waals surface area contributed by atoms with Crippen molar-refractivity contribution < 1.29 is 19.1 Å². The van der Waals surface area contributed by atoms with Crippen LogP contribution >= 0.6 is 11.6 Å². The molecule has 1 unspecified atom stereocenters. The van der Waals surface area contributed by atoms with Crippen LogP contribution in [-0.4, -0.2) is 21.7 Å². The molecule has 2 heterocycles. The fraction of sp³-hybridized carbons (Fsp3) is 0.0909. The molecule has 0 saturated carbocycles. The molecule has 1 N–H and O–H groups in total. The van der Waals surface area contributed by atoms with Crippen molar-refractivity contribution in [2.45, 2.75) is 12.6 Å². The zero-order chi connectivity index (χ0) is 19.7. The van der Waals surface area contributed by atoms with Gasteiger partial charge in [-0.15, -0.1) is 0 Å². The van der Waals surface area contributed by atoms with Crippen molar-refractivity contribution in [3.63, 3.8) is 0 Å². The van der Waals surface area contributed by atoms with E-state index in [0.29, 0.717) is 21.9 Å². The lowest BCUT2D eigenvalue weighted by molar-refractivity contribution is -0.140. The Balaban J connectivity index is 1.88. The third-order valence-electron chi connectivity index (χ3n) is 4.66. The number of hydrogen-bond donors (Lipinski definition) is 1. The molecule has 0 spiro atoms. The highest BCUT2D eigenvalue weighted by Gasteiger charge is 2.46. The van der Waals surface area contributed by atoms with Crippen LogP contribution in [0, 0.1) is 0 Å². The molecule has 1 aliphatic rings. The van der Waals surface area contributed by atoms with Crippen molar-refractivity contribution >= 4 is 29.1 Å². The number of aliphatic hydroxyl groups excluding tert-OH is 1. The summed E-state index contributed by atoms with van der Waals surface area (Å²) in [5.74, 6) is -1.11. The summed E-state index contributed by atoms with van der Waals surface area (Å²) in [7, 11) is 0. The molecule has 28 heavy (non-hydrogen) atoms. The second-order valence-corrected chi connectivity index (χ2v) is 6.86. The molecule has 3 aromatic rings. The molecular weight excluding hydrogens is 378 g/mol. The molecule has 5 nitrogen and oxygen atoms in total. The summed E-state index contributed by atoms with van der Waals surface area (Å²) in [6, 6.07) is 18.3. The van der Waals surface area contributed by atoms with Crippen molar-refractivity contribution in [1.82, 2.24) is 4.90 Å². The number of hydrogen-bond acceptors (Lipinski definition) is 4. The van der Waals surface area contributed by atoms with E-state index in [-0.39, 0.29) is 17.9 Å². The maximum absolute atomic E-state index is 12.9. The Morgan fingerprint density at radius 2 is 1.82 bits per heavy atom. The van der Waals surface area contributed by atoms with Gasteiger partial charge in [0, 0.05) is 10.6 Å². The highest BCUT2D eigenvalue weighted by molar-refractivity contribution is 6.46. The van der Waals surface area contributed by atoms with Gasteiger partial charge in [0.25, 0.3) is 11.7 Å². The monoisotopic (exact) mass is 393 g/mol. The minimum atomic E-state index is -0.774. The Labute approximate surface area is 166 Å². The van der Waals surface area contributed by atoms with Crippen LogP contribution in [0.1, 0.15) is 22.9 Å². The van der Waals surface area contributed by atoms with E-state index in [1.165, 1.54) is 11.2 Å². The fourth-order valence-electron chi connectivity index (χ4n) is 3.39. The average Bonchev–Trinajstić information content (AvgIpc) is 3.30. The summed E-state index contributed by atoms with van der Waals surface area (Å²) < 4.78 is 5.36. The summed E-state index contributed by atoms with van der Waals surface area (Å²) in [6.07, 6.45) is 1.50. The molecule has 4 rings (SSSR count). The number of carbonyl (C=O) groups excluding carboxylic acids is 2. The molecule has 0 radical (unpaired) electrons. The third-order valence-corrected chi connectivity index (χ3v) is 4.89. The predicted octanol–water partition coefficient (Wildman–Crippen LogP) is 4.55. The van der Waals surface area contributed by atoms with Crippen LogP contribution in [-0.2, 0) is 16.1 Å². The Kier molecular flexibility index (Phi) is 4.75. The summed E-state index contributed by atoms with van der Waals surface area (Å²) in [5, 5.41) is 11.3. The lowest BCUT2D eigenvalue weighted by Crippen LogP contribution is -2.29. The Bertz CT molecular complexity index is 1060. The minimum absolute atomic E-state index is 0.0324. The van der Waals surface area contributed by atoms with Gasteiger partial charge in [0.1, 0.15) is 11.5 Å². The summed E-state index contributed by atoms with van der Waals surface area (Å²) in [4.78, 5) is 27.0. The van der Waals surface area contributed by atoms with Crippen LogP contribution in [0.25, 0.3) is 5.76 Å². The lowest BCUT2D eigenvalue weighted by atomic mass is 9.95. The first-order valence-corrected chi connectivity index (χ1v) is 9.05. The number of Topliss-reactive ketones (excluding diaryl/α,β-unsaturated/α-hetero) is 1. The molecule has 1 atom stereocenters. The number of ketones is 1. The second kappa shape index (κ2) is 7.37. The van der Waals surface area contributed by atoms with Gasteiger partial charge in [-0.25, -0.2) is 0 Å². The van der Waals surface area contributed by atoms with Crippen LogP contribution in [0.3, 0.4) is 0 Å². The van der Waals surface area contributed by atoms with Gasteiger partial charge in [-0.2, -0.15) is 0 Å². The first kappa shape index (κ1) is 18.1. The van der Waals surface area contributed by atoms with Gasteiger partial charge >= 0.3 is 0 Å². The molecule has 2 aromatic carbocycles. The van der Waals surface area contributed by atoms with Gasteiger partial charge in [0.2, 0.25) is 0 Å². The highest BCUT2D eigenvalue weighted by Crippen LogP contribution is 2.40. The molecule has 1 fully saturated rings. The fourth-order valence-corrected chi connectivity index (χ4v) is 3.59. The van der Waals surface area contributed by atoms with Crippen LogP contribution in [0.5, 0.6) is 0 Å². The molecule has 1 aliphatic heterocycles. The van der Waals surface area contributed by atoms with E-state index in [1.54, 1.807) is 66.7 Å². The zero-order valence-electron chi connectivity index (χ0n) is 14.7.